The van der Waals surface area contributed by atoms with Gasteiger partial charge in [0.15, 0.2) is 5.54 Å². The number of amides is 3. The number of likely N-dealkylation sites (N-methyl/N-ethyl adjacent to an activating group) is 1. The van der Waals surface area contributed by atoms with Crippen molar-refractivity contribution in [1.82, 2.24) is 15.5 Å². The summed E-state index contributed by atoms with van der Waals surface area (Å²) >= 11 is 0. The zero-order valence-corrected chi connectivity index (χ0v) is 11.9. The highest BCUT2D eigenvalue weighted by Crippen LogP contribution is 2.18. The van der Waals surface area contributed by atoms with E-state index >= 15 is 0 Å². The summed E-state index contributed by atoms with van der Waals surface area (Å²) in [7, 11) is 1.63. The van der Waals surface area contributed by atoms with Crippen LogP contribution in [0.15, 0.2) is 0 Å². The SMILES string of the molecule is CCN(C)C(=O)C(C)NC(=O)NC1(C(=O)O)CCOC1. The monoisotopic (exact) mass is 287 g/mol. The lowest BCUT2D eigenvalue weighted by atomic mass is 9.99. The number of hydrogen-bond donors (Lipinski definition) is 3. The average Bonchev–Trinajstić information content (AvgIpc) is 2.86. The molecule has 1 heterocycles. The van der Waals surface area contributed by atoms with Crippen LogP contribution in [-0.4, -0.2) is 66.3 Å². The molecule has 2 atom stereocenters. The summed E-state index contributed by atoms with van der Waals surface area (Å²) in [6.07, 6.45) is 0.201. The minimum atomic E-state index is -1.41. The molecule has 2 unspecified atom stereocenters. The molecule has 1 aliphatic heterocycles. The van der Waals surface area contributed by atoms with Crippen LogP contribution in [0.2, 0.25) is 0 Å². The van der Waals surface area contributed by atoms with Crippen LogP contribution >= 0.6 is 0 Å². The van der Waals surface area contributed by atoms with Gasteiger partial charge in [-0.3, -0.25) is 4.79 Å². The average molecular weight is 287 g/mol. The minimum Gasteiger partial charge on any atom is -0.479 e. The maximum atomic E-state index is 11.8. The quantitative estimate of drug-likeness (QED) is 0.625. The highest BCUT2D eigenvalue weighted by Gasteiger charge is 2.44. The lowest BCUT2D eigenvalue weighted by Gasteiger charge is -2.26. The van der Waals surface area contributed by atoms with E-state index in [-0.39, 0.29) is 25.5 Å². The number of aliphatic carboxylic acids is 1. The molecule has 0 saturated carbocycles. The topological polar surface area (TPSA) is 108 Å². The van der Waals surface area contributed by atoms with Crippen molar-refractivity contribution >= 4 is 17.9 Å². The van der Waals surface area contributed by atoms with Gasteiger partial charge in [-0.15, -0.1) is 0 Å². The summed E-state index contributed by atoms with van der Waals surface area (Å²) < 4.78 is 5.03. The first kappa shape index (κ1) is 16.2. The largest absolute Gasteiger partial charge is 0.479 e. The third-order valence-electron chi connectivity index (χ3n) is 3.35. The van der Waals surface area contributed by atoms with E-state index in [4.69, 9.17) is 4.74 Å². The van der Waals surface area contributed by atoms with Crippen LogP contribution in [0.5, 0.6) is 0 Å². The molecule has 1 aliphatic rings. The number of hydrogen-bond acceptors (Lipinski definition) is 4. The van der Waals surface area contributed by atoms with Gasteiger partial charge in [0, 0.05) is 26.6 Å². The fraction of sp³-hybridized carbons (Fsp3) is 0.750. The van der Waals surface area contributed by atoms with Crippen molar-refractivity contribution in [2.45, 2.75) is 31.8 Å². The molecule has 0 bridgehead atoms. The van der Waals surface area contributed by atoms with Gasteiger partial charge in [0.2, 0.25) is 5.91 Å². The van der Waals surface area contributed by atoms with E-state index in [0.717, 1.165) is 0 Å². The number of nitrogens with one attached hydrogen (secondary N) is 2. The van der Waals surface area contributed by atoms with Crippen LogP contribution in [0.25, 0.3) is 0 Å². The van der Waals surface area contributed by atoms with E-state index < -0.39 is 23.6 Å². The Hall–Kier alpha value is -1.83. The first-order valence-corrected chi connectivity index (χ1v) is 6.47. The summed E-state index contributed by atoms with van der Waals surface area (Å²) in [4.78, 5) is 36.3. The maximum absolute atomic E-state index is 11.8. The number of urea groups is 1. The Morgan fingerprint density at radius 1 is 1.45 bits per heavy atom. The van der Waals surface area contributed by atoms with Crippen molar-refractivity contribution in [1.29, 1.82) is 0 Å². The molecular formula is C12H21N3O5. The molecule has 1 saturated heterocycles. The van der Waals surface area contributed by atoms with Gasteiger partial charge in [-0.05, 0) is 13.8 Å². The van der Waals surface area contributed by atoms with E-state index in [1.165, 1.54) is 4.90 Å². The molecule has 3 N–H and O–H groups in total. The van der Waals surface area contributed by atoms with Crippen molar-refractivity contribution in [3.63, 3.8) is 0 Å². The molecule has 0 aromatic heterocycles. The van der Waals surface area contributed by atoms with Crippen LogP contribution < -0.4 is 10.6 Å². The molecule has 8 nitrogen and oxygen atoms in total. The third-order valence-corrected chi connectivity index (χ3v) is 3.35. The summed E-state index contributed by atoms with van der Waals surface area (Å²) in [5.74, 6) is -1.38. The van der Waals surface area contributed by atoms with Crippen LogP contribution in [0, 0.1) is 0 Å². The summed E-state index contributed by atoms with van der Waals surface area (Å²) in [6.45, 7) is 4.10. The molecule has 0 aromatic carbocycles. The van der Waals surface area contributed by atoms with E-state index in [1.807, 2.05) is 6.92 Å². The lowest BCUT2D eigenvalue weighted by molar-refractivity contribution is -0.144. The van der Waals surface area contributed by atoms with E-state index in [1.54, 1.807) is 14.0 Å². The van der Waals surface area contributed by atoms with Crippen molar-refractivity contribution in [2.24, 2.45) is 0 Å². The Kier molecular flexibility index (Phi) is 5.32. The zero-order valence-electron chi connectivity index (χ0n) is 11.9. The maximum Gasteiger partial charge on any atom is 0.332 e. The molecule has 1 fully saturated rings. The highest BCUT2D eigenvalue weighted by molar-refractivity contribution is 5.90. The molecule has 8 heteroatoms. The first-order valence-electron chi connectivity index (χ1n) is 6.47. The molecule has 114 valence electrons. The Morgan fingerprint density at radius 3 is 2.55 bits per heavy atom. The Balaban J connectivity index is 2.59. The summed E-state index contributed by atoms with van der Waals surface area (Å²) in [6, 6.07) is -1.42. The van der Waals surface area contributed by atoms with Gasteiger partial charge in [-0.1, -0.05) is 0 Å². The number of rotatable bonds is 5. The fourth-order valence-corrected chi connectivity index (χ4v) is 1.88. The molecule has 20 heavy (non-hydrogen) atoms. The summed E-state index contributed by atoms with van der Waals surface area (Å²) in [5.41, 5.74) is -1.41. The normalized spacial score (nSPS) is 22.9. The standard InChI is InChI=1S/C12H21N3O5/c1-4-15(3)9(16)8(2)13-11(19)14-12(10(17)18)5-6-20-7-12/h8H,4-7H2,1-3H3,(H,17,18)(H2,13,14,19). The Bertz CT molecular complexity index is 393. The number of carboxylic acid groups (broad SMARTS) is 1. The van der Waals surface area contributed by atoms with Gasteiger partial charge in [-0.2, -0.15) is 0 Å². The van der Waals surface area contributed by atoms with Crippen molar-refractivity contribution in [3.05, 3.63) is 0 Å². The third kappa shape index (κ3) is 3.60. The number of carbonyl (C=O) groups excluding carboxylic acids is 2. The van der Waals surface area contributed by atoms with E-state index in [2.05, 4.69) is 10.6 Å². The number of ether oxygens (including phenoxy) is 1. The van der Waals surface area contributed by atoms with Crippen molar-refractivity contribution in [3.8, 4) is 0 Å². The van der Waals surface area contributed by atoms with Gasteiger partial charge in [0.1, 0.15) is 6.04 Å². The molecule has 3 amide bonds. The van der Waals surface area contributed by atoms with Crippen LogP contribution in [-0.2, 0) is 14.3 Å². The van der Waals surface area contributed by atoms with Gasteiger partial charge in [0.25, 0.3) is 0 Å². The zero-order chi connectivity index (χ0) is 15.3. The van der Waals surface area contributed by atoms with Gasteiger partial charge >= 0.3 is 12.0 Å². The smallest absolute Gasteiger partial charge is 0.332 e. The van der Waals surface area contributed by atoms with Crippen LogP contribution in [0.1, 0.15) is 20.3 Å². The molecular weight excluding hydrogens is 266 g/mol. The number of carbonyl (C=O) groups is 3. The number of carboxylic acids is 1. The second-order valence-electron chi connectivity index (χ2n) is 4.86. The van der Waals surface area contributed by atoms with Gasteiger partial charge in [0.05, 0.1) is 6.61 Å². The Labute approximate surface area is 117 Å². The lowest BCUT2D eigenvalue weighted by Crippen LogP contribution is -2.60. The predicted octanol–water partition coefficient (Wildman–Crippen LogP) is -0.604. The number of nitrogens with zero attached hydrogens (tertiary/aromatic N) is 1. The molecule has 0 radical (unpaired) electrons. The van der Waals surface area contributed by atoms with Gasteiger partial charge in [-0.25, -0.2) is 9.59 Å². The Morgan fingerprint density at radius 2 is 2.10 bits per heavy atom. The minimum absolute atomic E-state index is 0.0764. The molecule has 0 spiro atoms. The summed E-state index contributed by atoms with van der Waals surface area (Å²) in [5, 5.41) is 14.0. The predicted molar refractivity (Wildman–Crippen MR) is 70.2 cm³/mol. The molecule has 1 rings (SSSR count). The van der Waals surface area contributed by atoms with Crippen molar-refractivity contribution in [2.75, 3.05) is 26.8 Å². The van der Waals surface area contributed by atoms with Crippen LogP contribution in [0.4, 0.5) is 4.79 Å². The molecule has 0 aliphatic carbocycles. The highest BCUT2D eigenvalue weighted by atomic mass is 16.5. The second-order valence-corrected chi connectivity index (χ2v) is 4.86. The van der Waals surface area contributed by atoms with E-state index in [0.29, 0.717) is 6.54 Å². The molecule has 0 aromatic rings. The van der Waals surface area contributed by atoms with E-state index in [9.17, 15) is 19.5 Å². The van der Waals surface area contributed by atoms with Gasteiger partial charge < -0.3 is 25.4 Å². The van der Waals surface area contributed by atoms with Crippen molar-refractivity contribution < 1.29 is 24.2 Å². The fourth-order valence-electron chi connectivity index (χ4n) is 1.88. The van der Waals surface area contributed by atoms with Crippen LogP contribution in [0.3, 0.4) is 0 Å². The first-order chi connectivity index (χ1) is 9.32. The second kappa shape index (κ2) is 6.56.